The highest BCUT2D eigenvalue weighted by Crippen LogP contribution is 2.34. The molecule has 2 aromatic heterocycles. The van der Waals surface area contributed by atoms with Gasteiger partial charge in [-0.25, -0.2) is 4.98 Å². The van der Waals surface area contributed by atoms with Crippen molar-refractivity contribution in [3.63, 3.8) is 0 Å². The van der Waals surface area contributed by atoms with Crippen LogP contribution < -0.4 is 0 Å². The highest BCUT2D eigenvalue weighted by Gasteiger charge is 2.34. The van der Waals surface area contributed by atoms with Crippen molar-refractivity contribution in [2.24, 2.45) is 0 Å². The zero-order valence-electron chi connectivity index (χ0n) is 17.9. The number of aromatic nitrogens is 3. The summed E-state index contributed by atoms with van der Waals surface area (Å²) < 4.78 is 2.15. The fourth-order valence-electron chi connectivity index (χ4n) is 4.93. The third-order valence-electron chi connectivity index (χ3n) is 6.65. The largest absolute Gasteiger partial charge is 0.355 e. The van der Waals surface area contributed by atoms with Gasteiger partial charge in [-0.1, -0.05) is 6.07 Å². The first-order valence-electron chi connectivity index (χ1n) is 11.1. The van der Waals surface area contributed by atoms with Crippen LogP contribution in [0.2, 0.25) is 0 Å². The third-order valence-corrected chi connectivity index (χ3v) is 6.65. The van der Waals surface area contributed by atoms with Crippen LogP contribution in [0, 0.1) is 6.92 Å². The molecule has 0 spiro atoms. The van der Waals surface area contributed by atoms with Gasteiger partial charge in [0.25, 0.3) is 5.91 Å². The van der Waals surface area contributed by atoms with Crippen LogP contribution in [0.1, 0.15) is 52.9 Å². The molecule has 2 aromatic rings. The Morgan fingerprint density at radius 2 is 2.00 bits per heavy atom. The van der Waals surface area contributed by atoms with E-state index in [9.17, 15) is 4.79 Å². The van der Waals surface area contributed by atoms with E-state index in [1.165, 1.54) is 5.82 Å². The van der Waals surface area contributed by atoms with Gasteiger partial charge in [0.05, 0.1) is 11.7 Å². The summed E-state index contributed by atoms with van der Waals surface area (Å²) in [5.74, 6) is 2.22. The molecular weight excluding hydrogens is 376 g/mol. The number of aryl methyl sites for hydroxylation is 2. The number of fused-ring (bicyclic) bond motifs is 1. The summed E-state index contributed by atoms with van der Waals surface area (Å²) in [4.78, 5) is 29.6. The van der Waals surface area contributed by atoms with Gasteiger partial charge in [0.15, 0.2) is 0 Å². The van der Waals surface area contributed by atoms with Crippen LogP contribution in [-0.4, -0.2) is 74.9 Å². The fourth-order valence-corrected chi connectivity index (χ4v) is 4.93. The molecule has 1 amide bonds. The van der Waals surface area contributed by atoms with E-state index >= 15 is 0 Å². The van der Waals surface area contributed by atoms with E-state index in [1.807, 2.05) is 23.4 Å². The second kappa shape index (κ2) is 7.87. The van der Waals surface area contributed by atoms with Crippen LogP contribution in [0.15, 0.2) is 30.6 Å². The van der Waals surface area contributed by atoms with E-state index in [4.69, 9.17) is 4.98 Å². The number of carbonyl (C=O) groups is 1. The summed E-state index contributed by atoms with van der Waals surface area (Å²) in [6, 6.07) is 4.08. The third kappa shape index (κ3) is 3.41. The van der Waals surface area contributed by atoms with Crippen molar-refractivity contribution >= 4 is 11.7 Å². The van der Waals surface area contributed by atoms with Gasteiger partial charge in [0.1, 0.15) is 17.3 Å². The number of hydrogen-bond acceptors (Lipinski definition) is 5. The van der Waals surface area contributed by atoms with Crippen molar-refractivity contribution in [3.8, 4) is 0 Å². The number of amides is 1. The first-order valence-corrected chi connectivity index (χ1v) is 11.1. The molecule has 0 bridgehead atoms. The molecule has 0 aliphatic carbocycles. The number of likely N-dealkylation sites (tertiary alicyclic amines) is 1. The van der Waals surface area contributed by atoms with Crippen LogP contribution in [0.4, 0.5) is 0 Å². The Balaban J connectivity index is 1.40. The minimum atomic E-state index is 0.0298. The van der Waals surface area contributed by atoms with Crippen molar-refractivity contribution in [3.05, 3.63) is 53.4 Å². The average molecular weight is 407 g/mol. The van der Waals surface area contributed by atoms with Crippen LogP contribution in [-0.2, 0) is 6.42 Å². The molecule has 2 fully saturated rings. The van der Waals surface area contributed by atoms with Gasteiger partial charge >= 0.3 is 0 Å². The standard InChI is InChI=1S/C23H30N6O/c1-17-6-4-10-24-22(17)19-7-5-11-28(19)23(30)18-16-29-20(25-18)8-3-9-21(29)27-14-12-26(2)13-15-27/h4,6,9-10,16,19H,3,5,7-8,11-15H2,1-2H3. The van der Waals surface area contributed by atoms with Crippen LogP contribution in [0.5, 0.6) is 0 Å². The molecule has 0 N–H and O–H groups in total. The van der Waals surface area contributed by atoms with Gasteiger partial charge in [0.2, 0.25) is 0 Å². The summed E-state index contributed by atoms with van der Waals surface area (Å²) >= 11 is 0. The second-order valence-electron chi connectivity index (χ2n) is 8.67. The molecule has 0 saturated carbocycles. The highest BCUT2D eigenvalue weighted by atomic mass is 16.2. The summed E-state index contributed by atoms with van der Waals surface area (Å²) in [5, 5.41) is 0. The SMILES string of the molecule is Cc1cccnc1C1CCCN1C(=O)c1cn2c(n1)CCC=C2N1CCN(C)CC1. The number of nitrogens with zero attached hydrogens (tertiary/aromatic N) is 6. The number of allylic oxidation sites excluding steroid dienone is 1. The number of carbonyl (C=O) groups excluding carboxylic acids is 1. The van der Waals surface area contributed by atoms with Gasteiger partial charge in [-0.15, -0.1) is 0 Å². The Hall–Kier alpha value is -2.67. The number of pyridine rings is 1. The molecule has 5 heterocycles. The smallest absolute Gasteiger partial charge is 0.274 e. The van der Waals surface area contributed by atoms with Crippen LogP contribution in [0.25, 0.3) is 5.82 Å². The molecule has 7 heteroatoms. The summed E-state index contributed by atoms with van der Waals surface area (Å²) in [6.07, 6.45) is 9.91. The lowest BCUT2D eigenvalue weighted by Gasteiger charge is -2.37. The number of rotatable bonds is 3. The minimum Gasteiger partial charge on any atom is -0.355 e. The minimum absolute atomic E-state index is 0.0298. The van der Waals surface area contributed by atoms with Crippen molar-refractivity contribution in [2.75, 3.05) is 39.8 Å². The molecule has 7 nitrogen and oxygen atoms in total. The molecule has 0 aromatic carbocycles. The topological polar surface area (TPSA) is 57.5 Å². The Bertz CT molecular complexity index is 972. The molecular formula is C23H30N6O. The monoisotopic (exact) mass is 406 g/mol. The van der Waals surface area contributed by atoms with E-state index in [1.54, 1.807) is 0 Å². The predicted molar refractivity (Wildman–Crippen MR) is 116 cm³/mol. The summed E-state index contributed by atoms with van der Waals surface area (Å²) in [6.45, 7) is 6.99. The molecule has 2 saturated heterocycles. The second-order valence-corrected chi connectivity index (χ2v) is 8.67. The molecule has 1 atom stereocenters. The lowest BCUT2D eigenvalue weighted by atomic mass is 10.1. The first kappa shape index (κ1) is 19.3. The Morgan fingerprint density at radius 3 is 2.80 bits per heavy atom. The maximum atomic E-state index is 13.5. The van der Waals surface area contributed by atoms with Gasteiger partial charge in [-0.3, -0.25) is 14.3 Å². The molecule has 3 aliphatic rings. The van der Waals surface area contributed by atoms with Gasteiger partial charge in [-0.2, -0.15) is 0 Å². The van der Waals surface area contributed by atoms with Crippen molar-refractivity contribution < 1.29 is 4.79 Å². The lowest BCUT2D eigenvalue weighted by molar-refractivity contribution is 0.0727. The summed E-state index contributed by atoms with van der Waals surface area (Å²) in [5.41, 5.74) is 2.73. The molecule has 158 valence electrons. The predicted octanol–water partition coefficient (Wildman–Crippen LogP) is 2.56. The Morgan fingerprint density at radius 1 is 1.17 bits per heavy atom. The molecule has 1 unspecified atom stereocenters. The molecule has 5 rings (SSSR count). The van der Waals surface area contributed by atoms with Crippen LogP contribution in [0.3, 0.4) is 0 Å². The Labute approximate surface area is 178 Å². The van der Waals surface area contributed by atoms with Gasteiger partial charge in [0, 0.05) is 51.5 Å². The lowest BCUT2D eigenvalue weighted by Crippen LogP contribution is -2.44. The van der Waals surface area contributed by atoms with Crippen LogP contribution >= 0.6 is 0 Å². The highest BCUT2D eigenvalue weighted by molar-refractivity contribution is 5.93. The van der Waals surface area contributed by atoms with Gasteiger partial charge in [-0.05, 0) is 50.9 Å². The van der Waals surface area contributed by atoms with E-state index < -0.39 is 0 Å². The zero-order chi connectivity index (χ0) is 20.7. The first-order chi connectivity index (χ1) is 14.6. The van der Waals surface area contributed by atoms with Crippen molar-refractivity contribution in [1.82, 2.24) is 29.2 Å². The van der Waals surface area contributed by atoms with E-state index in [-0.39, 0.29) is 11.9 Å². The Kier molecular flexibility index (Phi) is 5.06. The normalized spacial score (nSPS) is 22.2. The maximum absolute atomic E-state index is 13.5. The van der Waals surface area contributed by atoms with Crippen molar-refractivity contribution in [1.29, 1.82) is 0 Å². The quantitative estimate of drug-likeness (QED) is 0.784. The molecule has 3 aliphatic heterocycles. The number of hydrogen-bond donors (Lipinski definition) is 0. The zero-order valence-corrected chi connectivity index (χ0v) is 17.9. The number of piperazine rings is 1. The van der Waals surface area contributed by atoms with E-state index in [0.29, 0.717) is 5.69 Å². The number of likely N-dealkylation sites (N-methyl/N-ethyl adjacent to an activating group) is 1. The van der Waals surface area contributed by atoms with E-state index in [0.717, 1.165) is 75.5 Å². The summed E-state index contributed by atoms with van der Waals surface area (Å²) in [7, 11) is 2.17. The molecule has 0 radical (unpaired) electrons. The average Bonchev–Trinajstić information content (AvgIpc) is 3.41. The maximum Gasteiger partial charge on any atom is 0.274 e. The number of imidazole rings is 1. The van der Waals surface area contributed by atoms with Gasteiger partial charge < -0.3 is 14.7 Å². The molecule has 30 heavy (non-hydrogen) atoms. The van der Waals surface area contributed by atoms with Crippen molar-refractivity contribution in [2.45, 2.75) is 38.6 Å². The fraction of sp³-hybridized carbons (Fsp3) is 0.522. The van der Waals surface area contributed by atoms with E-state index in [2.05, 4.69) is 45.5 Å².